The van der Waals surface area contributed by atoms with Crippen LogP contribution in [0.1, 0.15) is 19.8 Å². The Morgan fingerprint density at radius 2 is 1.95 bits per heavy atom. The number of halogens is 1. The first-order chi connectivity index (χ1) is 8.72. The maximum absolute atomic E-state index is 13.2. The van der Waals surface area contributed by atoms with E-state index in [1.807, 2.05) is 0 Å². The highest BCUT2D eigenvalue weighted by Crippen LogP contribution is 2.28. The molecule has 1 aliphatic heterocycles. The van der Waals surface area contributed by atoms with E-state index in [4.69, 9.17) is 5.73 Å². The van der Waals surface area contributed by atoms with Crippen LogP contribution in [0.15, 0.2) is 23.1 Å². The van der Waals surface area contributed by atoms with Crippen molar-refractivity contribution >= 4 is 15.7 Å². The lowest BCUT2D eigenvalue weighted by Gasteiger charge is -2.35. The van der Waals surface area contributed by atoms with Gasteiger partial charge in [-0.2, -0.15) is 4.31 Å². The molecule has 1 fully saturated rings. The molecular weight excluding hydrogens is 271 g/mol. The van der Waals surface area contributed by atoms with Crippen molar-refractivity contribution in [1.29, 1.82) is 0 Å². The van der Waals surface area contributed by atoms with Crippen LogP contribution in [0.5, 0.6) is 0 Å². The van der Waals surface area contributed by atoms with Crippen LogP contribution >= 0.6 is 0 Å². The molecule has 3 N–H and O–H groups in total. The predicted octanol–water partition coefficient (Wildman–Crippen LogP) is 0.943. The monoisotopic (exact) mass is 288 g/mol. The van der Waals surface area contributed by atoms with Gasteiger partial charge in [0.15, 0.2) is 0 Å². The van der Waals surface area contributed by atoms with E-state index in [1.54, 1.807) is 6.92 Å². The first-order valence-electron chi connectivity index (χ1n) is 6.00. The molecule has 1 aromatic carbocycles. The van der Waals surface area contributed by atoms with Gasteiger partial charge >= 0.3 is 0 Å². The number of nitrogens with zero attached hydrogens (tertiary/aromatic N) is 1. The zero-order valence-electron chi connectivity index (χ0n) is 10.6. The van der Waals surface area contributed by atoms with Crippen molar-refractivity contribution in [2.24, 2.45) is 0 Å². The molecule has 2 rings (SSSR count). The number of hydrogen-bond acceptors (Lipinski definition) is 4. The fourth-order valence-corrected chi connectivity index (χ4v) is 3.65. The summed E-state index contributed by atoms with van der Waals surface area (Å²) in [5, 5.41) is 9.82. The zero-order valence-corrected chi connectivity index (χ0v) is 11.5. The Hall–Kier alpha value is -1.18. The molecule has 1 aliphatic rings. The van der Waals surface area contributed by atoms with E-state index in [-0.39, 0.29) is 23.7 Å². The SMILES string of the molecule is CC1(O)CCN(S(=O)(=O)c2cc(F)ccc2N)CC1. The van der Waals surface area contributed by atoms with E-state index in [0.29, 0.717) is 12.8 Å². The highest BCUT2D eigenvalue weighted by molar-refractivity contribution is 7.89. The Bertz CT molecular complexity index is 577. The highest BCUT2D eigenvalue weighted by Gasteiger charge is 2.34. The summed E-state index contributed by atoms with van der Waals surface area (Å²) in [5.41, 5.74) is 4.79. The topological polar surface area (TPSA) is 83.6 Å². The van der Waals surface area contributed by atoms with Crippen molar-refractivity contribution in [2.45, 2.75) is 30.3 Å². The lowest BCUT2D eigenvalue weighted by atomic mass is 9.95. The third-order valence-corrected chi connectivity index (χ3v) is 5.35. The summed E-state index contributed by atoms with van der Waals surface area (Å²) in [7, 11) is -3.81. The van der Waals surface area contributed by atoms with Crippen molar-refractivity contribution in [1.82, 2.24) is 4.31 Å². The summed E-state index contributed by atoms with van der Waals surface area (Å²) >= 11 is 0. The van der Waals surface area contributed by atoms with Gasteiger partial charge in [-0.15, -0.1) is 0 Å². The van der Waals surface area contributed by atoms with E-state index in [1.165, 1.54) is 10.4 Å². The number of piperidine rings is 1. The zero-order chi connectivity index (χ0) is 14.3. The van der Waals surface area contributed by atoms with Crippen molar-refractivity contribution in [3.05, 3.63) is 24.0 Å². The van der Waals surface area contributed by atoms with Gasteiger partial charge in [-0.1, -0.05) is 0 Å². The smallest absolute Gasteiger partial charge is 0.245 e. The van der Waals surface area contributed by atoms with E-state index in [2.05, 4.69) is 0 Å². The number of rotatable bonds is 2. The summed E-state index contributed by atoms with van der Waals surface area (Å²) in [5.74, 6) is -0.642. The molecule has 0 saturated carbocycles. The molecule has 1 heterocycles. The van der Waals surface area contributed by atoms with Gasteiger partial charge in [0.2, 0.25) is 10.0 Å². The molecule has 19 heavy (non-hydrogen) atoms. The summed E-state index contributed by atoms with van der Waals surface area (Å²) in [6.45, 7) is 2.07. The van der Waals surface area contributed by atoms with E-state index in [9.17, 15) is 17.9 Å². The quantitative estimate of drug-likeness (QED) is 0.793. The molecule has 106 valence electrons. The maximum atomic E-state index is 13.2. The minimum absolute atomic E-state index is 0.0266. The average Bonchev–Trinajstić information content (AvgIpc) is 2.31. The number of anilines is 1. The fraction of sp³-hybridized carbons (Fsp3) is 0.500. The highest BCUT2D eigenvalue weighted by atomic mass is 32.2. The second-order valence-electron chi connectivity index (χ2n) is 5.08. The van der Waals surface area contributed by atoms with Crippen molar-refractivity contribution in [2.75, 3.05) is 18.8 Å². The number of nitrogens with two attached hydrogens (primary N) is 1. The summed E-state index contributed by atoms with van der Waals surface area (Å²) in [6, 6.07) is 3.29. The summed E-state index contributed by atoms with van der Waals surface area (Å²) in [4.78, 5) is -0.214. The standard InChI is InChI=1S/C12H17FN2O3S/c1-12(16)4-6-15(7-5-12)19(17,18)11-8-9(13)2-3-10(11)14/h2-3,8,16H,4-7,14H2,1H3. The minimum Gasteiger partial charge on any atom is -0.398 e. The molecule has 0 bridgehead atoms. The lowest BCUT2D eigenvalue weighted by molar-refractivity contribution is 0.0126. The fourth-order valence-electron chi connectivity index (χ4n) is 2.08. The molecular formula is C12H17FN2O3S. The van der Waals surface area contributed by atoms with Gasteiger partial charge in [0.05, 0.1) is 11.3 Å². The second kappa shape index (κ2) is 4.73. The van der Waals surface area contributed by atoms with Gasteiger partial charge < -0.3 is 10.8 Å². The lowest BCUT2D eigenvalue weighted by Crippen LogP contribution is -2.45. The average molecular weight is 288 g/mol. The minimum atomic E-state index is -3.81. The van der Waals surface area contributed by atoms with Crippen LogP contribution in [0.25, 0.3) is 0 Å². The number of hydrogen-bond donors (Lipinski definition) is 2. The van der Waals surface area contributed by atoms with Gasteiger partial charge in [0, 0.05) is 13.1 Å². The Balaban J connectivity index is 2.31. The Kier molecular flexibility index (Phi) is 3.55. The van der Waals surface area contributed by atoms with Crippen LogP contribution < -0.4 is 5.73 Å². The van der Waals surface area contributed by atoms with Gasteiger partial charge in [0.1, 0.15) is 10.7 Å². The van der Waals surface area contributed by atoms with Crippen LogP contribution in [-0.2, 0) is 10.0 Å². The predicted molar refractivity (Wildman–Crippen MR) is 69.4 cm³/mol. The molecule has 0 radical (unpaired) electrons. The third-order valence-electron chi connectivity index (χ3n) is 3.39. The molecule has 0 aromatic heterocycles. The molecule has 0 aliphatic carbocycles. The Morgan fingerprint density at radius 3 is 2.53 bits per heavy atom. The van der Waals surface area contributed by atoms with Crippen molar-refractivity contribution in [3.8, 4) is 0 Å². The largest absolute Gasteiger partial charge is 0.398 e. The van der Waals surface area contributed by atoms with Gasteiger partial charge in [-0.25, -0.2) is 12.8 Å². The molecule has 1 saturated heterocycles. The van der Waals surface area contributed by atoms with Crippen LogP contribution in [0.4, 0.5) is 10.1 Å². The van der Waals surface area contributed by atoms with Gasteiger partial charge in [0.25, 0.3) is 0 Å². The number of sulfonamides is 1. The van der Waals surface area contributed by atoms with E-state index >= 15 is 0 Å². The first kappa shape index (κ1) is 14.2. The van der Waals surface area contributed by atoms with Crippen molar-refractivity contribution in [3.63, 3.8) is 0 Å². The van der Waals surface area contributed by atoms with Crippen LogP contribution in [0.2, 0.25) is 0 Å². The van der Waals surface area contributed by atoms with Crippen molar-refractivity contribution < 1.29 is 17.9 Å². The van der Waals surface area contributed by atoms with E-state index in [0.717, 1.165) is 12.1 Å². The Labute approximate surface area is 111 Å². The second-order valence-corrected chi connectivity index (χ2v) is 6.99. The molecule has 0 atom stereocenters. The molecule has 0 amide bonds. The van der Waals surface area contributed by atoms with Crippen LogP contribution in [-0.4, -0.2) is 36.5 Å². The van der Waals surface area contributed by atoms with E-state index < -0.39 is 21.4 Å². The number of aliphatic hydroxyl groups is 1. The molecule has 0 unspecified atom stereocenters. The maximum Gasteiger partial charge on any atom is 0.245 e. The summed E-state index contributed by atoms with van der Waals surface area (Å²) in [6.07, 6.45) is 0.697. The van der Waals surface area contributed by atoms with Gasteiger partial charge in [-0.05, 0) is 38.0 Å². The number of nitrogen functional groups attached to an aromatic ring is 1. The third kappa shape index (κ3) is 2.88. The molecule has 0 spiro atoms. The first-order valence-corrected chi connectivity index (χ1v) is 7.44. The molecule has 1 aromatic rings. The number of benzene rings is 1. The van der Waals surface area contributed by atoms with Gasteiger partial charge in [-0.3, -0.25) is 0 Å². The normalized spacial score (nSPS) is 20.4. The summed E-state index contributed by atoms with van der Waals surface area (Å²) < 4.78 is 39.2. The molecule has 5 nitrogen and oxygen atoms in total. The van der Waals surface area contributed by atoms with Crippen LogP contribution in [0, 0.1) is 5.82 Å². The molecule has 7 heteroatoms. The van der Waals surface area contributed by atoms with Crippen LogP contribution in [0.3, 0.4) is 0 Å². The Morgan fingerprint density at radius 1 is 1.37 bits per heavy atom.